The zero-order valence-electron chi connectivity index (χ0n) is 21.4. The summed E-state index contributed by atoms with van der Waals surface area (Å²) in [5.74, 6) is 3.49. The summed E-state index contributed by atoms with van der Waals surface area (Å²) >= 11 is 0. The quantitative estimate of drug-likeness (QED) is 0.295. The van der Waals surface area contributed by atoms with Crippen LogP contribution in [0.5, 0.6) is 11.5 Å². The highest BCUT2D eigenvalue weighted by molar-refractivity contribution is 5.45. The maximum absolute atomic E-state index is 5.26. The molecule has 3 aromatic rings. The molecule has 0 spiro atoms. The van der Waals surface area contributed by atoms with Gasteiger partial charge in [0, 0.05) is 26.2 Å². The van der Waals surface area contributed by atoms with E-state index in [0.29, 0.717) is 30.9 Å². The summed E-state index contributed by atoms with van der Waals surface area (Å²) in [6.07, 6.45) is 4.44. The van der Waals surface area contributed by atoms with E-state index in [1.54, 1.807) is 14.2 Å². The molecule has 0 aliphatic heterocycles. The van der Waals surface area contributed by atoms with Gasteiger partial charge >= 0.3 is 0 Å². The Morgan fingerprint density at radius 3 is 1.46 bits per heavy atom. The van der Waals surface area contributed by atoms with Gasteiger partial charge in [0.15, 0.2) is 0 Å². The number of methoxy groups -OCH3 is 2. The molecule has 0 saturated heterocycles. The van der Waals surface area contributed by atoms with Gasteiger partial charge < -0.3 is 25.0 Å². The lowest BCUT2D eigenvalue weighted by atomic mass is 10.2. The van der Waals surface area contributed by atoms with Crippen LogP contribution in [-0.2, 0) is 13.1 Å². The van der Waals surface area contributed by atoms with Gasteiger partial charge in [0.25, 0.3) is 0 Å². The summed E-state index contributed by atoms with van der Waals surface area (Å²) in [5.41, 5.74) is 2.24. The molecule has 0 atom stereocenters. The van der Waals surface area contributed by atoms with E-state index in [1.807, 2.05) is 48.5 Å². The molecule has 1 heterocycles. The monoisotopic (exact) mass is 478 g/mol. The molecule has 2 N–H and O–H groups in total. The lowest BCUT2D eigenvalue weighted by molar-refractivity contribution is 0.414. The third-order valence-corrected chi connectivity index (χ3v) is 5.69. The van der Waals surface area contributed by atoms with Crippen LogP contribution < -0.4 is 25.0 Å². The maximum Gasteiger partial charge on any atom is 0.231 e. The molecule has 2 aromatic carbocycles. The van der Waals surface area contributed by atoms with E-state index in [4.69, 9.17) is 19.4 Å². The molecular formula is C27H38N6O2. The summed E-state index contributed by atoms with van der Waals surface area (Å²) in [4.78, 5) is 16.5. The zero-order valence-corrected chi connectivity index (χ0v) is 21.4. The molecule has 0 saturated carbocycles. The van der Waals surface area contributed by atoms with Gasteiger partial charge in [-0.05, 0) is 48.2 Å². The molecule has 35 heavy (non-hydrogen) atoms. The lowest BCUT2D eigenvalue weighted by Gasteiger charge is -2.23. The van der Waals surface area contributed by atoms with Crippen molar-refractivity contribution in [2.24, 2.45) is 0 Å². The highest BCUT2D eigenvalue weighted by Crippen LogP contribution is 2.18. The van der Waals surface area contributed by atoms with Crippen molar-refractivity contribution in [3.63, 3.8) is 0 Å². The van der Waals surface area contributed by atoms with Crippen LogP contribution in [0.2, 0.25) is 0 Å². The Bertz CT molecular complexity index is 933. The van der Waals surface area contributed by atoms with E-state index >= 15 is 0 Å². The summed E-state index contributed by atoms with van der Waals surface area (Å²) in [7, 11) is 3.34. The minimum atomic E-state index is 0.557. The van der Waals surface area contributed by atoms with Crippen LogP contribution in [0.4, 0.5) is 17.8 Å². The SMILES string of the molecule is CCCCN(CCCC)c1nc(NCc2ccc(OC)cc2)nc(NCc2ccc(OC)cc2)n1. The van der Waals surface area contributed by atoms with Gasteiger partial charge in [-0.15, -0.1) is 0 Å². The topological polar surface area (TPSA) is 84.4 Å². The summed E-state index contributed by atoms with van der Waals surface area (Å²) < 4.78 is 10.5. The van der Waals surface area contributed by atoms with Crippen LogP contribution in [-0.4, -0.2) is 42.3 Å². The first-order valence-corrected chi connectivity index (χ1v) is 12.4. The van der Waals surface area contributed by atoms with Crippen molar-refractivity contribution >= 4 is 17.8 Å². The zero-order chi connectivity index (χ0) is 24.9. The van der Waals surface area contributed by atoms with Gasteiger partial charge in [-0.25, -0.2) is 0 Å². The summed E-state index contributed by atoms with van der Waals surface area (Å²) in [5, 5.41) is 6.75. The smallest absolute Gasteiger partial charge is 0.231 e. The Balaban J connectivity index is 1.79. The first-order valence-electron chi connectivity index (χ1n) is 12.4. The van der Waals surface area contributed by atoms with E-state index in [9.17, 15) is 0 Å². The molecule has 0 aliphatic rings. The number of benzene rings is 2. The highest BCUT2D eigenvalue weighted by Gasteiger charge is 2.14. The normalized spacial score (nSPS) is 10.6. The first-order chi connectivity index (χ1) is 17.1. The van der Waals surface area contributed by atoms with E-state index in [2.05, 4.69) is 34.4 Å². The number of rotatable bonds is 15. The number of hydrogen-bond donors (Lipinski definition) is 2. The van der Waals surface area contributed by atoms with Crippen molar-refractivity contribution in [3.8, 4) is 11.5 Å². The Labute approximate surface area is 209 Å². The van der Waals surface area contributed by atoms with E-state index < -0.39 is 0 Å². The third-order valence-electron chi connectivity index (χ3n) is 5.69. The molecule has 8 heteroatoms. The van der Waals surface area contributed by atoms with Gasteiger partial charge in [0.05, 0.1) is 14.2 Å². The second-order valence-electron chi connectivity index (χ2n) is 8.38. The molecule has 0 radical (unpaired) electrons. The highest BCUT2D eigenvalue weighted by atomic mass is 16.5. The second kappa shape index (κ2) is 14.0. The van der Waals surface area contributed by atoms with Crippen molar-refractivity contribution in [1.82, 2.24) is 15.0 Å². The van der Waals surface area contributed by atoms with E-state index in [0.717, 1.165) is 61.4 Å². The number of nitrogens with zero attached hydrogens (tertiary/aromatic N) is 4. The molecule has 1 aromatic heterocycles. The molecule has 0 aliphatic carbocycles. The van der Waals surface area contributed by atoms with Crippen molar-refractivity contribution in [2.45, 2.75) is 52.6 Å². The molecule has 0 amide bonds. The predicted molar refractivity (Wildman–Crippen MR) is 142 cm³/mol. The van der Waals surface area contributed by atoms with Crippen molar-refractivity contribution in [3.05, 3.63) is 59.7 Å². The Kier molecular flexibility index (Phi) is 10.4. The number of ether oxygens (including phenoxy) is 2. The molecule has 188 valence electrons. The fraction of sp³-hybridized carbons (Fsp3) is 0.444. The second-order valence-corrected chi connectivity index (χ2v) is 8.38. The van der Waals surface area contributed by atoms with Crippen molar-refractivity contribution in [1.29, 1.82) is 0 Å². The van der Waals surface area contributed by atoms with E-state index in [-0.39, 0.29) is 0 Å². The number of aromatic nitrogens is 3. The standard InChI is InChI=1S/C27H38N6O2/c1-5-7-17-33(18-8-6-2)27-31-25(28-19-21-9-13-23(34-3)14-10-21)30-26(32-27)29-20-22-11-15-24(35-4)16-12-22/h9-16H,5-8,17-20H2,1-4H3,(H2,28,29,30,31,32). The first kappa shape index (κ1) is 26.1. The average molecular weight is 479 g/mol. The molecule has 0 fully saturated rings. The minimum Gasteiger partial charge on any atom is -0.497 e. The lowest BCUT2D eigenvalue weighted by Crippen LogP contribution is -2.28. The summed E-state index contributed by atoms with van der Waals surface area (Å²) in [6.45, 7) is 7.47. The number of anilines is 3. The van der Waals surface area contributed by atoms with Crippen LogP contribution in [0.1, 0.15) is 50.7 Å². The van der Waals surface area contributed by atoms with Crippen LogP contribution in [0, 0.1) is 0 Å². The van der Waals surface area contributed by atoms with Gasteiger partial charge in [-0.3, -0.25) is 0 Å². The Hall–Kier alpha value is -3.55. The van der Waals surface area contributed by atoms with Crippen molar-refractivity contribution < 1.29 is 9.47 Å². The fourth-order valence-corrected chi connectivity index (χ4v) is 3.52. The number of hydrogen-bond acceptors (Lipinski definition) is 8. The summed E-state index contributed by atoms with van der Waals surface area (Å²) in [6, 6.07) is 15.9. The van der Waals surface area contributed by atoms with Gasteiger partial charge in [0.1, 0.15) is 11.5 Å². The van der Waals surface area contributed by atoms with Gasteiger partial charge in [0.2, 0.25) is 17.8 Å². The van der Waals surface area contributed by atoms with E-state index in [1.165, 1.54) is 0 Å². The van der Waals surface area contributed by atoms with Crippen LogP contribution >= 0.6 is 0 Å². The molecular weight excluding hydrogens is 440 g/mol. The van der Waals surface area contributed by atoms with Crippen LogP contribution in [0.15, 0.2) is 48.5 Å². The third kappa shape index (κ3) is 8.31. The predicted octanol–water partition coefficient (Wildman–Crippen LogP) is 5.52. The number of unbranched alkanes of at least 4 members (excludes halogenated alkanes) is 2. The fourth-order valence-electron chi connectivity index (χ4n) is 3.52. The minimum absolute atomic E-state index is 0.557. The molecule has 0 bridgehead atoms. The maximum atomic E-state index is 5.26. The van der Waals surface area contributed by atoms with Crippen molar-refractivity contribution in [2.75, 3.05) is 42.8 Å². The van der Waals surface area contributed by atoms with Crippen LogP contribution in [0.25, 0.3) is 0 Å². The average Bonchev–Trinajstić information content (AvgIpc) is 2.91. The largest absolute Gasteiger partial charge is 0.497 e. The molecule has 8 nitrogen and oxygen atoms in total. The van der Waals surface area contributed by atoms with Gasteiger partial charge in [-0.2, -0.15) is 15.0 Å². The molecule has 3 rings (SSSR count). The van der Waals surface area contributed by atoms with Gasteiger partial charge in [-0.1, -0.05) is 51.0 Å². The number of nitrogens with one attached hydrogen (secondary N) is 2. The molecule has 0 unspecified atom stereocenters. The Morgan fingerprint density at radius 1 is 0.657 bits per heavy atom. The Morgan fingerprint density at radius 2 is 1.09 bits per heavy atom. The van der Waals surface area contributed by atoms with Crippen LogP contribution in [0.3, 0.4) is 0 Å².